The van der Waals surface area contributed by atoms with E-state index in [9.17, 15) is 23.4 Å². The van der Waals surface area contributed by atoms with Crippen LogP contribution in [0.5, 0.6) is 5.75 Å². The van der Waals surface area contributed by atoms with Crippen LogP contribution in [0, 0.1) is 0 Å². The number of hydrogen-bond donors (Lipinski definition) is 5. The summed E-state index contributed by atoms with van der Waals surface area (Å²) in [6.07, 6.45) is 0.715. The Labute approximate surface area is 263 Å². The van der Waals surface area contributed by atoms with Gasteiger partial charge in [0.1, 0.15) is 5.75 Å². The summed E-state index contributed by atoms with van der Waals surface area (Å²) in [7, 11) is -5.89. The second-order valence-corrected chi connectivity index (χ2v) is 19.2. The Balaban J connectivity index is 1.61. The Bertz CT molecular complexity index is 1520. The van der Waals surface area contributed by atoms with E-state index in [1.807, 2.05) is 36.4 Å². The van der Waals surface area contributed by atoms with Gasteiger partial charge < -0.3 is 25.3 Å². The van der Waals surface area contributed by atoms with Crippen LogP contribution in [0.3, 0.4) is 0 Å². The van der Waals surface area contributed by atoms with E-state index in [4.69, 9.17) is 9.56 Å². The molecule has 6 N–H and O–H groups in total. The van der Waals surface area contributed by atoms with Crippen molar-refractivity contribution in [1.82, 2.24) is 10.6 Å². The Hall–Kier alpha value is -3.06. The number of carbonyl (C=O) groups excluding carboxylic acids is 1. The topological polar surface area (TPSA) is 151 Å². The van der Waals surface area contributed by atoms with Gasteiger partial charge in [-0.15, -0.1) is 0 Å². The molecule has 0 saturated heterocycles. The summed E-state index contributed by atoms with van der Waals surface area (Å²) in [5.74, 6) is -0.0679. The molecule has 0 aliphatic rings. The number of amides is 1. The summed E-state index contributed by atoms with van der Waals surface area (Å²) in [6, 6.07) is 19.5. The van der Waals surface area contributed by atoms with Crippen LogP contribution in [0.2, 0.25) is 18.1 Å². The third-order valence-electron chi connectivity index (χ3n) is 8.18. The number of benzene rings is 3. The van der Waals surface area contributed by atoms with Gasteiger partial charge >= 0.3 is 0 Å². The van der Waals surface area contributed by atoms with Gasteiger partial charge in [0.05, 0.1) is 24.0 Å². The molecule has 0 aliphatic carbocycles. The van der Waals surface area contributed by atoms with E-state index in [2.05, 4.69) is 51.4 Å². The number of carbonyl (C=O) groups is 1. The van der Waals surface area contributed by atoms with E-state index in [0.717, 1.165) is 28.7 Å². The molecule has 2 atom stereocenters. The van der Waals surface area contributed by atoms with Crippen LogP contribution in [0.15, 0.2) is 71.6 Å². The molecule has 0 radical (unpaired) electrons. The minimum Gasteiger partial charge on any atom is -0.508 e. The summed E-state index contributed by atoms with van der Waals surface area (Å²) in [5, 5.41) is 31.5. The smallest absolute Gasteiger partial charge is 0.238 e. The van der Waals surface area contributed by atoms with Crippen molar-refractivity contribution in [2.24, 2.45) is 5.14 Å². The Morgan fingerprint density at radius 3 is 2.27 bits per heavy atom. The van der Waals surface area contributed by atoms with Crippen molar-refractivity contribution in [3.8, 4) is 5.75 Å². The summed E-state index contributed by atoms with van der Waals surface area (Å²) in [4.78, 5) is 12.7. The first kappa shape index (κ1) is 35.4. The number of aliphatic hydroxyl groups is 1. The zero-order valence-electron chi connectivity index (χ0n) is 26.6. The first-order valence-electron chi connectivity index (χ1n) is 14.8. The van der Waals surface area contributed by atoms with Crippen molar-refractivity contribution >= 4 is 24.2 Å². The SMILES string of the molecule is C[C@H](Cc1cccc(CC(=O)NCc2ccc(S(N)(=O)=O)cc2)c1)NC[C@@H](O[Si](C)(C)C(C)(C)C)c1ccc(O)c(CO)c1. The predicted octanol–water partition coefficient (Wildman–Crippen LogP) is 4.67. The van der Waals surface area contributed by atoms with Crippen molar-refractivity contribution in [2.45, 2.75) is 88.9 Å². The molecule has 11 heteroatoms. The Kier molecular flexibility index (Phi) is 11.9. The molecule has 0 fully saturated rings. The molecule has 9 nitrogen and oxygen atoms in total. The van der Waals surface area contributed by atoms with Crippen LogP contribution in [0.1, 0.15) is 61.6 Å². The average molecular weight is 642 g/mol. The lowest BCUT2D eigenvalue weighted by molar-refractivity contribution is -0.120. The molecule has 0 aromatic heterocycles. The quantitative estimate of drug-likeness (QED) is 0.161. The zero-order chi connectivity index (χ0) is 32.7. The number of nitrogens with one attached hydrogen (secondary N) is 2. The van der Waals surface area contributed by atoms with E-state index in [1.165, 1.54) is 12.1 Å². The highest BCUT2D eigenvalue weighted by atomic mass is 32.2. The fraction of sp³-hybridized carbons (Fsp3) is 0.424. The first-order valence-corrected chi connectivity index (χ1v) is 19.2. The van der Waals surface area contributed by atoms with E-state index in [0.29, 0.717) is 12.1 Å². The number of nitrogens with two attached hydrogens (primary N) is 1. The van der Waals surface area contributed by atoms with Crippen LogP contribution >= 0.6 is 0 Å². The third kappa shape index (κ3) is 10.3. The highest BCUT2D eigenvalue weighted by Crippen LogP contribution is 2.40. The average Bonchev–Trinajstić information content (AvgIpc) is 2.94. The van der Waals surface area contributed by atoms with Crippen molar-refractivity contribution in [3.63, 3.8) is 0 Å². The van der Waals surface area contributed by atoms with Gasteiger partial charge in [-0.2, -0.15) is 0 Å². The van der Waals surface area contributed by atoms with Crippen LogP contribution in [-0.2, 0) is 45.2 Å². The van der Waals surface area contributed by atoms with Gasteiger partial charge in [0.25, 0.3) is 0 Å². The molecule has 44 heavy (non-hydrogen) atoms. The fourth-order valence-electron chi connectivity index (χ4n) is 4.54. The molecule has 3 rings (SSSR count). The third-order valence-corrected chi connectivity index (χ3v) is 13.6. The molecule has 0 spiro atoms. The molecule has 3 aromatic carbocycles. The summed E-state index contributed by atoms with van der Waals surface area (Å²) >= 11 is 0. The number of rotatable bonds is 14. The van der Waals surface area contributed by atoms with Crippen LogP contribution < -0.4 is 15.8 Å². The van der Waals surface area contributed by atoms with Gasteiger partial charge in [-0.25, -0.2) is 13.6 Å². The second kappa shape index (κ2) is 14.8. The maximum atomic E-state index is 12.6. The number of phenols is 1. The molecule has 0 saturated carbocycles. The monoisotopic (exact) mass is 641 g/mol. The summed E-state index contributed by atoms with van der Waals surface area (Å²) in [6.45, 7) is 13.7. The number of primary sulfonamides is 1. The highest BCUT2D eigenvalue weighted by molar-refractivity contribution is 7.89. The lowest BCUT2D eigenvalue weighted by Crippen LogP contribution is -2.44. The van der Waals surface area contributed by atoms with Crippen LogP contribution in [0.25, 0.3) is 0 Å². The molecule has 0 aliphatic heterocycles. The van der Waals surface area contributed by atoms with Gasteiger partial charge in [0, 0.05) is 24.7 Å². The van der Waals surface area contributed by atoms with Crippen LogP contribution in [-0.4, -0.2) is 45.4 Å². The highest BCUT2D eigenvalue weighted by Gasteiger charge is 2.39. The van der Waals surface area contributed by atoms with E-state index >= 15 is 0 Å². The fourth-order valence-corrected chi connectivity index (χ4v) is 6.34. The first-order chi connectivity index (χ1) is 20.5. The number of sulfonamides is 1. The molecule has 0 heterocycles. The van der Waals surface area contributed by atoms with Crippen molar-refractivity contribution in [3.05, 3.63) is 94.5 Å². The minimum atomic E-state index is -3.76. The van der Waals surface area contributed by atoms with Crippen molar-refractivity contribution < 1.29 is 27.9 Å². The van der Waals surface area contributed by atoms with Gasteiger partial charge in [-0.3, -0.25) is 4.79 Å². The summed E-state index contributed by atoms with van der Waals surface area (Å²) in [5.41, 5.74) is 4.15. The molecule has 1 amide bonds. The van der Waals surface area contributed by atoms with E-state index in [-0.39, 0.29) is 53.3 Å². The second-order valence-electron chi connectivity index (χ2n) is 12.9. The minimum absolute atomic E-state index is 0.0125. The van der Waals surface area contributed by atoms with Crippen molar-refractivity contribution in [2.75, 3.05) is 6.54 Å². The lowest BCUT2D eigenvalue weighted by Gasteiger charge is -2.40. The van der Waals surface area contributed by atoms with Crippen molar-refractivity contribution in [1.29, 1.82) is 0 Å². The predicted molar refractivity (Wildman–Crippen MR) is 176 cm³/mol. The van der Waals surface area contributed by atoms with Gasteiger partial charge in [0.15, 0.2) is 8.32 Å². The molecule has 240 valence electrons. The summed E-state index contributed by atoms with van der Waals surface area (Å²) < 4.78 is 29.7. The maximum Gasteiger partial charge on any atom is 0.238 e. The molecule has 0 unspecified atom stereocenters. The molecular weight excluding hydrogens is 595 g/mol. The van der Waals surface area contributed by atoms with Crippen LogP contribution in [0.4, 0.5) is 0 Å². The molecule has 0 bridgehead atoms. The Morgan fingerprint density at radius 1 is 1.00 bits per heavy atom. The van der Waals surface area contributed by atoms with Gasteiger partial charge in [-0.05, 0) is 78.0 Å². The zero-order valence-corrected chi connectivity index (χ0v) is 28.4. The van der Waals surface area contributed by atoms with E-state index < -0.39 is 18.3 Å². The Morgan fingerprint density at radius 2 is 1.66 bits per heavy atom. The van der Waals surface area contributed by atoms with Gasteiger partial charge in [-0.1, -0.05) is 63.2 Å². The largest absolute Gasteiger partial charge is 0.508 e. The van der Waals surface area contributed by atoms with Gasteiger partial charge in [0.2, 0.25) is 15.9 Å². The maximum absolute atomic E-state index is 12.6. The molecule has 3 aromatic rings. The number of hydrogen-bond acceptors (Lipinski definition) is 7. The normalized spacial score (nSPS) is 13.8. The van der Waals surface area contributed by atoms with E-state index in [1.54, 1.807) is 18.2 Å². The standard InChI is InChI=1S/C33H47N3O6SSi/c1-23(35-21-31(42-44(5,6)33(2,3)4)27-12-15-30(38)28(19-27)22-37)16-25-8-7-9-26(17-25)18-32(39)36-20-24-10-13-29(14-11-24)43(34,40)41/h7-15,17,19,23,31,35,37-38H,16,18,20-22H2,1-6H3,(H,36,39)(H2,34,40,41)/t23-,31-/m1/s1. The molecular formula is C33H47N3O6SSi. The number of aliphatic hydroxyl groups excluding tert-OH is 1. The lowest BCUT2D eigenvalue weighted by atomic mass is 10.0. The number of aromatic hydroxyl groups is 1.